The van der Waals surface area contributed by atoms with E-state index in [-0.39, 0.29) is 12.2 Å². The standard InChI is InChI=1S/C25H23IN2O5S/c1-5-33-24(30)21-14(2)27-25-28(22(21)16-8-11-18(31-3)19(13-16)32-4)23(29)20(34-25)12-15-6-9-17(26)10-7-15/h6-13,22H,5H2,1-4H3/b20-12-. The van der Waals surface area contributed by atoms with Crippen LogP contribution in [0.5, 0.6) is 11.5 Å². The Bertz CT molecular complexity index is 1450. The van der Waals surface area contributed by atoms with Crippen LogP contribution in [0.1, 0.15) is 31.0 Å². The lowest BCUT2D eigenvalue weighted by atomic mass is 9.95. The summed E-state index contributed by atoms with van der Waals surface area (Å²) in [7, 11) is 3.10. The second-order valence-electron chi connectivity index (χ2n) is 7.47. The SMILES string of the molecule is CCOC(=O)C1=C(C)N=c2s/c(=C\c3ccc(I)cc3)c(=O)n2C1c1ccc(OC)c(OC)c1. The number of halogens is 1. The fraction of sp³-hybridized carbons (Fsp3) is 0.240. The van der Waals surface area contributed by atoms with E-state index in [1.165, 1.54) is 11.3 Å². The van der Waals surface area contributed by atoms with Gasteiger partial charge in [-0.25, -0.2) is 9.79 Å². The summed E-state index contributed by atoms with van der Waals surface area (Å²) in [5.74, 6) is 0.546. The van der Waals surface area contributed by atoms with Crippen LogP contribution >= 0.6 is 33.9 Å². The molecular formula is C25H23IN2O5S. The van der Waals surface area contributed by atoms with E-state index < -0.39 is 12.0 Å². The monoisotopic (exact) mass is 590 g/mol. The lowest BCUT2D eigenvalue weighted by molar-refractivity contribution is -0.139. The topological polar surface area (TPSA) is 79.1 Å². The molecule has 0 fully saturated rings. The van der Waals surface area contributed by atoms with Gasteiger partial charge in [-0.3, -0.25) is 9.36 Å². The van der Waals surface area contributed by atoms with E-state index in [0.717, 1.165) is 9.13 Å². The Morgan fingerprint density at radius 3 is 2.50 bits per heavy atom. The lowest BCUT2D eigenvalue weighted by Gasteiger charge is -2.25. The summed E-state index contributed by atoms with van der Waals surface area (Å²) in [5, 5.41) is 0. The summed E-state index contributed by atoms with van der Waals surface area (Å²) in [5.41, 5.74) is 2.21. The summed E-state index contributed by atoms with van der Waals surface area (Å²) >= 11 is 3.53. The lowest BCUT2D eigenvalue weighted by Crippen LogP contribution is -2.39. The zero-order valence-corrected chi connectivity index (χ0v) is 22.1. The number of carbonyl (C=O) groups is 1. The van der Waals surface area contributed by atoms with E-state index in [0.29, 0.717) is 37.7 Å². The third-order valence-corrected chi connectivity index (χ3v) is 7.11. The quantitative estimate of drug-likeness (QED) is 0.325. The smallest absolute Gasteiger partial charge is 0.338 e. The molecule has 2 heterocycles. The minimum absolute atomic E-state index is 0.214. The molecule has 176 valence electrons. The predicted octanol–water partition coefficient (Wildman–Crippen LogP) is 3.42. The molecule has 1 aliphatic rings. The van der Waals surface area contributed by atoms with Gasteiger partial charge < -0.3 is 14.2 Å². The molecule has 1 aliphatic heterocycles. The fourth-order valence-electron chi connectivity index (χ4n) is 3.84. The number of ether oxygens (including phenoxy) is 3. The Morgan fingerprint density at radius 2 is 1.85 bits per heavy atom. The number of thiazole rings is 1. The molecule has 3 aromatic rings. The highest BCUT2D eigenvalue weighted by atomic mass is 127. The zero-order valence-electron chi connectivity index (χ0n) is 19.1. The van der Waals surface area contributed by atoms with Crippen LogP contribution in [0.25, 0.3) is 6.08 Å². The van der Waals surface area contributed by atoms with Crippen LogP contribution in [-0.2, 0) is 9.53 Å². The van der Waals surface area contributed by atoms with Gasteiger partial charge in [0.1, 0.15) is 0 Å². The number of aromatic nitrogens is 1. The molecule has 1 aromatic heterocycles. The number of hydrogen-bond donors (Lipinski definition) is 0. The molecule has 0 bridgehead atoms. The maximum absolute atomic E-state index is 13.6. The molecule has 0 saturated heterocycles. The molecule has 1 atom stereocenters. The Labute approximate surface area is 214 Å². The van der Waals surface area contributed by atoms with Crippen LogP contribution < -0.4 is 24.4 Å². The van der Waals surface area contributed by atoms with E-state index in [9.17, 15) is 9.59 Å². The number of carbonyl (C=O) groups excluding carboxylic acids is 1. The third kappa shape index (κ3) is 4.54. The minimum atomic E-state index is -0.714. The molecule has 4 rings (SSSR count). The number of fused-ring (bicyclic) bond motifs is 1. The fourth-order valence-corrected chi connectivity index (χ4v) is 5.25. The number of methoxy groups -OCH3 is 2. The van der Waals surface area contributed by atoms with Gasteiger partial charge in [-0.05, 0) is 77.9 Å². The zero-order chi connectivity index (χ0) is 24.4. The van der Waals surface area contributed by atoms with Crippen molar-refractivity contribution in [1.29, 1.82) is 0 Å². The second kappa shape index (κ2) is 10.1. The normalized spacial score (nSPS) is 15.6. The largest absolute Gasteiger partial charge is 0.493 e. The van der Waals surface area contributed by atoms with Crippen LogP contribution in [-0.4, -0.2) is 31.4 Å². The Morgan fingerprint density at radius 1 is 1.15 bits per heavy atom. The van der Waals surface area contributed by atoms with Gasteiger partial charge in [0.2, 0.25) is 0 Å². The first-order chi connectivity index (χ1) is 16.4. The number of esters is 1. The van der Waals surface area contributed by atoms with Crippen LogP contribution in [0, 0.1) is 3.57 Å². The molecule has 2 aromatic carbocycles. The van der Waals surface area contributed by atoms with Gasteiger partial charge in [-0.1, -0.05) is 29.5 Å². The van der Waals surface area contributed by atoms with E-state index >= 15 is 0 Å². The second-order valence-corrected chi connectivity index (χ2v) is 9.72. The van der Waals surface area contributed by atoms with Crippen molar-refractivity contribution in [3.05, 3.63) is 88.1 Å². The highest BCUT2D eigenvalue weighted by Crippen LogP contribution is 2.36. The van der Waals surface area contributed by atoms with Gasteiger partial charge in [0, 0.05) is 3.57 Å². The van der Waals surface area contributed by atoms with E-state index in [2.05, 4.69) is 27.6 Å². The Hall–Kier alpha value is -2.92. The molecule has 0 radical (unpaired) electrons. The van der Waals surface area contributed by atoms with Gasteiger partial charge >= 0.3 is 5.97 Å². The summed E-state index contributed by atoms with van der Waals surface area (Å²) in [6.07, 6.45) is 1.84. The van der Waals surface area contributed by atoms with Crippen molar-refractivity contribution in [2.75, 3.05) is 20.8 Å². The highest BCUT2D eigenvalue weighted by molar-refractivity contribution is 14.1. The van der Waals surface area contributed by atoms with Gasteiger partial charge in [0.05, 0.1) is 42.7 Å². The third-order valence-electron chi connectivity index (χ3n) is 5.41. The molecular weight excluding hydrogens is 567 g/mol. The van der Waals surface area contributed by atoms with Gasteiger partial charge in [0.15, 0.2) is 16.3 Å². The molecule has 0 N–H and O–H groups in total. The molecule has 9 heteroatoms. The van der Waals surface area contributed by atoms with Crippen molar-refractivity contribution < 1.29 is 19.0 Å². The summed E-state index contributed by atoms with van der Waals surface area (Å²) in [6, 6.07) is 12.5. The molecule has 0 saturated carbocycles. The summed E-state index contributed by atoms with van der Waals surface area (Å²) in [4.78, 5) is 31.8. The van der Waals surface area contributed by atoms with Crippen molar-refractivity contribution >= 4 is 46.0 Å². The summed E-state index contributed by atoms with van der Waals surface area (Å²) in [6.45, 7) is 3.72. The first kappa shape index (κ1) is 24.2. The van der Waals surface area contributed by atoms with Crippen molar-refractivity contribution in [3.63, 3.8) is 0 Å². The number of hydrogen-bond acceptors (Lipinski definition) is 7. The Balaban J connectivity index is 1.96. The van der Waals surface area contributed by atoms with Crippen LogP contribution in [0.2, 0.25) is 0 Å². The number of allylic oxidation sites excluding steroid dienone is 1. The van der Waals surface area contributed by atoms with E-state index in [1.54, 1.807) is 44.8 Å². The first-order valence-corrected chi connectivity index (χ1v) is 12.4. The summed E-state index contributed by atoms with van der Waals surface area (Å²) < 4.78 is 19.4. The van der Waals surface area contributed by atoms with Crippen molar-refractivity contribution in [3.8, 4) is 11.5 Å². The molecule has 7 nitrogen and oxygen atoms in total. The van der Waals surface area contributed by atoms with Gasteiger partial charge in [0.25, 0.3) is 5.56 Å². The molecule has 0 aliphatic carbocycles. The van der Waals surface area contributed by atoms with E-state index in [4.69, 9.17) is 14.2 Å². The van der Waals surface area contributed by atoms with Crippen LogP contribution in [0.4, 0.5) is 0 Å². The number of benzene rings is 2. The van der Waals surface area contributed by atoms with Crippen LogP contribution in [0.3, 0.4) is 0 Å². The maximum atomic E-state index is 13.6. The molecule has 1 unspecified atom stereocenters. The van der Waals surface area contributed by atoms with E-state index in [1.807, 2.05) is 36.4 Å². The average molecular weight is 590 g/mol. The Kier molecular flexibility index (Phi) is 7.22. The average Bonchev–Trinajstić information content (AvgIpc) is 3.13. The van der Waals surface area contributed by atoms with Crippen molar-refractivity contribution in [2.24, 2.45) is 4.99 Å². The molecule has 0 amide bonds. The molecule has 0 spiro atoms. The first-order valence-electron chi connectivity index (χ1n) is 10.5. The van der Waals surface area contributed by atoms with Gasteiger partial charge in [-0.15, -0.1) is 0 Å². The molecule has 34 heavy (non-hydrogen) atoms. The van der Waals surface area contributed by atoms with Crippen molar-refractivity contribution in [1.82, 2.24) is 4.57 Å². The van der Waals surface area contributed by atoms with Crippen LogP contribution in [0.15, 0.2) is 63.5 Å². The van der Waals surface area contributed by atoms with Gasteiger partial charge in [-0.2, -0.15) is 0 Å². The predicted molar refractivity (Wildman–Crippen MR) is 139 cm³/mol. The number of rotatable bonds is 6. The highest BCUT2D eigenvalue weighted by Gasteiger charge is 2.33. The maximum Gasteiger partial charge on any atom is 0.338 e. The van der Waals surface area contributed by atoms with Crippen molar-refractivity contribution in [2.45, 2.75) is 19.9 Å². The number of nitrogens with zero attached hydrogens (tertiary/aromatic N) is 2. The minimum Gasteiger partial charge on any atom is -0.493 e.